The molecule has 2 aromatic rings. The first kappa shape index (κ1) is 22.4. The van der Waals surface area contributed by atoms with Gasteiger partial charge in [0.25, 0.3) is 11.5 Å². The van der Waals surface area contributed by atoms with Crippen molar-refractivity contribution in [1.82, 2.24) is 14.9 Å². The lowest BCUT2D eigenvalue weighted by Gasteiger charge is -2.23. The van der Waals surface area contributed by atoms with Crippen LogP contribution in [0.15, 0.2) is 46.1 Å². The Morgan fingerprint density at radius 3 is 2.55 bits per heavy atom. The van der Waals surface area contributed by atoms with E-state index >= 15 is 0 Å². The third-order valence-electron chi connectivity index (χ3n) is 4.82. The molecule has 11 nitrogen and oxygen atoms in total. The zero-order chi connectivity index (χ0) is 22.5. The summed E-state index contributed by atoms with van der Waals surface area (Å²) in [6, 6.07) is 9.08. The predicted octanol–water partition coefficient (Wildman–Crippen LogP) is -0.697. The lowest BCUT2D eigenvalue weighted by atomic mass is 10.1. The molecule has 0 radical (unpaired) electrons. The average Bonchev–Trinajstić information content (AvgIpc) is 3.09. The fourth-order valence-electron chi connectivity index (χ4n) is 3.37. The van der Waals surface area contributed by atoms with E-state index in [2.05, 4.69) is 10.3 Å². The van der Waals surface area contributed by atoms with E-state index < -0.39 is 54.3 Å². The molecule has 31 heavy (non-hydrogen) atoms. The summed E-state index contributed by atoms with van der Waals surface area (Å²) < 4.78 is 17.2. The molecule has 1 fully saturated rings. The Balaban J connectivity index is 1.89. The number of esters is 1. The van der Waals surface area contributed by atoms with Gasteiger partial charge in [-0.15, -0.1) is 0 Å². The highest BCUT2D eigenvalue weighted by atomic mass is 16.6. The molecule has 11 heteroatoms. The zero-order valence-corrected chi connectivity index (χ0v) is 16.9. The van der Waals surface area contributed by atoms with Crippen LogP contribution in [0.2, 0.25) is 0 Å². The first-order valence-electron chi connectivity index (χ1n) is 9.49. The van der Waals surface area contributed by atoms with Gasteiger partial charge in [-0.05, 0) is 5.56 Å². The molecule has 3 N–H and O–H groups in total. The number of nitrogens with one attached hydrogen (secondary N) is 2. The van der Waals surface area contributed by atoms with Gasteiger partial charge in [-0.25, -0.2) is 4.79 Å². The average molecular weight is 433 g/mol. The fourth-order valence-corrected chi connectivity index (χ4v) is 3.37. The minimum atomic E-state index is -1.16. The highest BCUT2D eigenvalue weighted by molar-refractivity contribution is 5.93. The summed E-state index contributed by atoms with van der Waals surface area (Å²) in [6.45, 7) is 0.868. The van der Waals surface area contributed by atoms with Crippen molar-refractivity contribution in [2.24, 2.45) is 0 Å². The maximum atomic E-state index is 12.6. The number of aliphatic hydroxyl groups excluding tert-OH is 1. The summed E-state index contributed by atoms with van der Waals surface area (Å²) >= 11 is 0. The highest BCUT2D eigenvalue weighted by Gasteiger charge is 2.48. The number of aliphatic hydroxyl groups is 1. The Hall–Kier alpha value is -3.28. The molecule has 3 rings (SSSR count). The topological polar surface area (TPSA) is 149 Å². The number of hydrogen-bond donors (Lipinski definition) is 3. The van der Waals surface area contributed by atoms with Gasteiger partial charge in [-0.1, -0.05) is 30.3 Å². The smallest absolute Gasteiger partial charge is 0.330 e. The first-order chi connectivity index (χ1) is 14.8. The van der Waals surface area contributed by atoms with Gasteiger partial charge in [0, 0.05) is 26.8 Å². The number of carbonyl (C=O) groups excluding carboxylic acids is 2. The van der Waals surface area contributed by atoms with Crippen LogP contribution in [0.4, 0.5) is 0 Å². The van der Waals surface area contributed by atoms with Crippen molar-refractivity contribution in [3.8, 4) is 0 Å². The van der Waals surface area contributed by atoms with Crippen LogP contribution in [0.1, 0.15) is 29.1 Å². The lowest BCUT2D eigenvalue weighted by molar-refractivity contribution is -0.154. The van der Waals surface area contributed by atoms with Gasteiger partial charge >= 0.3 is 11.7 Å². The van der Waals surface area contributed by atoms with Crippen molar-refractivity contribution in [3.05, 3.63) is 68.5 Å². The third-order valence-corrected chi connectivity index (χ3v) is 4.82. The molecule has 0 aliphatic carbocycles. The number of aromatic nitrogens is 2. The highest BCUT2D eigenvalue weighted by Crippen LogP contribution is 2.32. The number of aromatic amines is 1. The van der Waals surface area contributed by atoms with E-state index in [9.17, 15) is 24.3 Å². The summed E-state index contributed by atoms with van der Waals surface area (Å²) in [7, 11) is 1.32. The van der Waals surface area contributed by atoms with Crippen LogP contribution in [0.25, 0.3) is 0 Å². The van der Waals surface area contributed by atoms with Gasteiger partial charge in [-0.3, -0.25) is 23.9 Å². The van der Waals surface area contributed by atoms with Crippen LogP contribution in [-0.2, 0) is 25.5 Å². The van der Waals surface area contributed by atoms with E-state index in [0.29, 0.717) is 0 Å². The quantitative estimate of drug-likeness (QED) is 0.486. The predicted molar refractivity (Wildman–Crippen MR) is 106 cm³/mol. The van der Waals surface area contributed by atoms with Crippen LogP contribution in [0.3, 0.4) is 0 Å². The molecule has 4 atom stereocenters. The SMILES string of the molecule is COC1[C@@H](OC(C)=O)[C@@H](CO)O[C@H]1n1cc(C(=O)NCc2ccccc2)c(=O)[nH]c1=O. The van der Waals surface area contributed by atoms with E-state index in [1.54, 1.807) is 0 Å². The number of benzene rings is 1. The molecule has 1 aromatic carbocycles. The van der Waals surface area contributed by atoms with Gasteiger partial charge in [0.2, 0.25) is 0 Å². The second kappa shape index (κ2) is 9.69. The van der Waals surface area contributed by atoms with Crippen molar-refractivity contribution < 1.29 is 28.9 Å². The Bertz CT molecular complexity index is 1050. The Kier molecular flexibility index (Phi) is 7.00. The lowest BCUT2D eigenvalue weighted by Crippen LogP contribution is -2.42. The van der Waals surface area contributed by atoms with Crippen LogP contribution in [0, 0.1) is 0 Å². The molecule has 1 saturated heterocycles. The molecular weight excluding hydrogens is 410 g/mol. The summed E-state index contributed by atoms with van der Waals surface area (Å²) in [6.07, 6.45) is -3.02. The molecule has 0 saturated carbocycles. The van der Waals surface area contributed by atoms with Crippen LogP contribution >= 0.6 is 0 Å². The second-order valence-corrected chi connectivity index (χ2v) is 6.90. The number of amides is 1. The Morgan fingerprint density at radius 2 is 1.94 bits per heavy atom. The van der Waals surface area contributed by atoms with Crippen molar-refractivity contribution in [3.63, 3.8) is 0 Å². The van der Waals surface area contributed by atoms with Crippen LogP contribution in [-0.4, -0.2) is 58.6 Å². The number of carbonyl (C=O) groups is 2. The summed E-state index contributed by atoms with van der Waals surface area (Å²) in [5.41, 5.74) is -1.20. The molecule has 1 aromatic heterocycles. The fraction of sp³-hybridized carbons (Fsp3) is 0.400. The van der Waals surface area contributed by atoms with Gasteiger partial charge < -0.3 is 24.6 Å². The molecular formula is C20H23N3O8. The zero-order valence-electron chi connectivity index (χ0n) is 16.9. The number of methoxy groups -OCH3 is 1. The van der Waals surface area contributed by atoms with Crippen molar-refractivity contribution in [1.29, 1.82) is 0 Å². The van der Waals surface area contributed by atoms with E-state index in [1.807, 2.05) is 30.3 Å². The first-order valence-corrected chi connectivity index (χ1v) is 9.49. The molecule has 1 amide bonds. The number of hydrogen-bond acceptors (Lipinski definition) is 8. The third kappa shape index (κ3) is 4.90. The summed E-state index contributed by atoms with van der Waals surface area (Å²) in [5.74, 6) is -1.31. The Morgan fingerprint density at radius 1 is 1.23 bits per heavy atom. The number of H-pyrrole nitrogens is 1. The minimum Gasteiger partial charge on any atom is -0.457 e. The second-order valence-electron chi connectivity index (χ2n) is 6.90. The van der Waals surface area contributed by atoms with E-state index in [-0.39, 0.29) is 12.1 Å². The van der Waals surface area contributed by atoms with E-state index in [1.165, 1.54) is 14.0 Å². The molecule has 1 aliphatic heterocycles. The summed E-state index contributed by atoms with van der Waals surface area (Å²) in [4.78, 5) is 50.7. The monoisotopic (exact) mass is 433 g/mol. The van der Waals surface area contributed by atoms with Crippen molar-refractivity contribution in [2.45, 2.75) is 38.0 Å². The number of ether oxygens (including phenoxy) is 3. The van der Waals surface area contributed by atoms with E-state index in [4.69, 9.17) is 14.2 Å². The van der Waals surface area contributed by atoms with Crippen LogP contribution < -0.4 is 16.6 Å². The summed E-state index contributed by atoms with van der Waals surface area (Å²) in [5, 5.41) is 12.2. The molecule has 1 aliphatic rings. The van der Waals surface area contributed by atoms with Gasteiger partial charge in [0.1, 0.15) is 17.8 Å². The normalized spacial score (nSPS) is 22.8. The van der Waals surface area contributed by atoms with Gasteiger partial charge in [-0.2, -0.15) is 0 Å². The van der Waals surface area contributed by atoms with Crippen molar-refractivity contribution >= 4 is 11.9 Å². The maximum absolute atomic E-state index is 12.6. The van der Waals surface area contributed by atoms with E-state index in [0.717, 1.165) is 16.3 Å². The number of nitrogens with zero attached hydrogens (tertiary/aromatic N) is 1. The molecule has 0 bridgehead atoms. The minimum absolute atomic E-state index is 0.181. The Labute approximate surface area is 176 Å². The molecule has 0 spiro atoms. The standard InChI is InChI=1S/C20H23N3O8/c1-11(25)30-15-14(10-24)31-19(16(15)29-2)23-9-13(18(27)22-20(23)28)17(26)21-8-12-6-4-3-5-7-12/h3-7,9,14-16,19,24H,8,10H2,1-2H3,(H,21,26)(H,22,27,28)/t14-,15+,16?,19-/m1/s1. The molecule has 166 valence electrons. The molecule has 2 heterocycles. The largest absolute Gasteiger partial charge is 0.457 e. The van der Waals surface area contributed by atoms with Gasteiger partial charge in [0.05, 0.1) is 6.61 Å². The molecule has 1 unspecified atom stereocenters. The van der Waals surface area contributed by atoms with Crippen LogP contribution in [0.5, 0.6) is 0 Å². The van der Waals surface area contributed by atoms with Crippen molar-refractivity contribution in [2.75, 3.05) is 13.7 Å². The number of rotatable bonds is 7. The maximum Gasteiger partial charge on any atom is 0.330 e. The van der Waals surface area contributed by atoms with Gasteiger partial charge in [0.15, 0.2) is 12.3 Å².